The van der Waals surface area contributed by atoms with Crippen LogP contribution in [0.5, 0.6) is 0 Å². The lowest BCUT2D eigenvalue weighted by atomic mass is 10.2. The molecule has 0 aliphatic carbocycles. The average molecular weight is 277 g/mol. The lowest BCUT2D eigenvalue weighted by Crippen LogP contribution is -2.24. The predicted molar refractivity (Wildman–Crippen MR) is 66.7 cm³/mol. The molecule has 0 radical (unpaired) electrons. The second-order valence-electron chi connectivity index (χ2n) is 4.72. The first-order chi connectivity index (χ1) is 9.72. The van der Waals surface area contributed by atoms with E-state index in [2.05, 4.69) is 25.9 Å². The molecule has 2 aromatic rings. The average Bonchev–Trinajstić information content (AvgIpc) is 3.16. The van der Waals surface area contributed by atoms with Crippen molar-refractivity contribution in [3.05, 3.63) is 29.2 Å². The van der Waals surface area contributed by atoms with Gasteiger partial charge in [0.05, 0.1) is 18.3 Å². The molecule has 3 heterocycles. The normalized spacial score (nSPS) is 18.4. The largest absolute Gasteiger partial charge is 0.359 e. The number of aryl methyl sites for hydroxylation is 1. The maximum Gasteiger partial charge on any atom is 0.293 e. The Kier molecular flexibility index (Phi) is 3.46. The molecule has 0 saturated carbocycles. The third-order valence-electron chi connectivity index (χ3n) is 3.10. The summed E-state index contributed by atoms with van der Waals surface area (Å²) in [5, 5.41) is 13.3. The maximum absolute atomic E-state index is 11.9. The zero-order chi connectivity index (χ0) is 13.9. The fourth-order valence-corrected chi connectivity index (χ4v) is 2.11. The van der Waals surface area contributed by atoms with Gasteiger partial charge in [0.15, 0.2) is 5.76 Å². The molecule has 8 heteroatoms. The van der Waals surface area contributed by atoms with Crippen molar-refractivity contribution in [1.82, 2.24) is 25.9 Å². The number of aromatic nitrogens is 3. The highest BCUT2D eigenvalue weighted by Gasteiger charge is 2.24. The smallest absolute Gasteiger partial charge is 0.293 e. The zero-order valence-electron chi connectivity index (χ0n) is 11.0. The molecule has 1 atom stereocenters. The van der Waals surface area contributed by atoms with Gasteiger partial charge in [0, 0.05) is 6.07 Å². The first kappa shape index (κ1) is 12.8. The van der Waals surface area contributed by atoms with E-state index in [1.807, 2.05) is 6.92 Å². The van der Waals surface area contributed by atoms with Crippen molar-refractivity contribution in [3.63, 3.8) is 0 Å². The summed E-state index contributed by atoms with van der Waals surface area (Å²) in [6.45, 7) is 2.99. The lowest BCUT2D eigenvalue weighted by Gasteiger charge is -2.01. The fraction of sp³-hybridized carbons (Fsp3) is 0.500. The van der Waals surface area contributed by atoms with Crippen LogP contribution in [0.15, 0.2) is 15.1 Å². The summed E-state index contributed by atoms with van der Waals surface area (Å²) in [7, 11) is 0. The summed E-state index contributed by atoms with van der Waals surface area (Å²) >= 11 is 0. The molecule has 0 aromatic carbocycles. The molecule has 1 aliphatic heterocycles. The van der Waals surface area contributed by atoms with Gasteiger partial charge in [0.25, 0.3) is 11.7 Å². The van der Waals surface area contributed by atoms with Gasteiger partial charge in [0.2, 0.25) is 5.89 Å². The van der Waals surface area contributed by atoms with Crippen molar-refractivity contribution < 1.29 is 13.8 Å². The first-order valence-corrected chi connectivity index (χ1v) is 6.50. The number of carbonyl (C=O) groups excluding carboxylic acids is 1. The Labute approximate surface area is 114 Å². The molecule has 1 saturated heterocycles. The van der Waals surface area contributed by atoms with E-state index >= 15 is 0 Å². The Morgan fingerprint density at radius 2 is 2.40 bits per heavy atom. The summed E-state index contributed by atoms with van der Waals surface area (Å²) in [5.41, 5.74) is 0.767. The number of hydrogen-bond donors (Lipinski definition) is 2. The minimum absolute atomic E-state index is 0.0323. The third kappa shape index (κ3) is 2.69. The SMILES string of the molecule is Cc1cc(CNC(=O)c2noc(C3CCCN3)n2)on1. The van der Waals surface area contributed by atoms with Gasteiger partial charge in [-0.05, 0) is 26.3 Å². The van der Waals surface area contributed by atoms with Crippen molar-refractivity contribution in [3.8, 4) is 0 Å². The maximum atomic E-state index is 11.9. The molecule has 8 nitrogen and oxygen atoms in total. The van der Waals surface area contributed by atoms with Crippen molar-refractivity contribution in [1.29, 1.82) is 0 Å². The van der Waals surface area contributed by atoms with Crippen molar-refractivity contribution >= 4 is 5.91 Å². The van der Waals surface area contributed by atoms with Gasteiger partial charge >= 0.3 is 0 Å². The molecule has 0 spiro atoms. The molecular weight excluding hydrogens is 262 g/mol. The van der Waals surface area contributed by atoms with Gasteiger partial charge in [-0.15, -0.1) is 0 Å². The van der Waals surface area contributed by atoms with Gasteiger partial charge in [-0.25, -0.2) is 0 Å². The van der Waals surface area contributed by atoms with E-state index in [-0.39, 0.29) is 18.4 Å². The number of nitrogens with zero attached hydrogens (tertiary/aromatic N) is 3. The summed E-state index contributed by atoms with van der Waals surface area (Å²) in [6, 6.07) is 1.81. The van der Waals surface area contributed by atoms with E-state index in [0.29, 0.717) is 11.7 Å². The van der Waals surface area contributed by atoms with E-state index in [1.54, 1.807) is 6.07 Å². The molecule has 1 amide bonds. The first-order valence-electron chi connectivity index (χ1n) is 6.50. The zero-order valence-corrected chi connectivity index (χ0v) is 11.0. The van der Waals surface area contributed by atoms with Crippen molar-refractivity contribution in [2.45, 2.75) is 32.4 Å². The van der Waals surface area contributed by atoms with Gasteiger partial charge in [-0.1, -0.05) is 10.3 Å². The number of nitrogens with one attached hydrogen (secondary N) is 2. The second-order valence-corrected chi connectivity index (χ2v) is 4.72. The molecule has 0 bridgehead atoms. The van der Waals surface area contributed by atoms with Crippen LogP contribution in [0.2, 0.25) is 0 Å². The quantitative estimate of drug-likeness (QED) is 0.848. The molecule has 106 valence electrons. The summed E-state index contributed by atoms with van der Waals surface area (Å²) < 4.78 is 10.1. The minimum Gasteiger partial charge on any atom is -0.359 e. The van der Waals surface area contributed by atoms with Gasteiger partial charge < -0.3 is 19.7 Å². The molecule has 20 heavy (non-hydrogen) atoms. The Balaban J connectivity index is 1.59. The van der Waals surface area contributed by atoms with Gasteiger partial charge in [-0.3, -0.25) is 4.79 Å². The molecule has 1 aliphatic rings. The summed E-state index contributed by atoms with van der Waals surface area (Å²) in [6.07, 6.45) is 2.01. The van der Waals surface area contributed by atoms with Crippen LogP contribution in [-0.4, -0.2) is 27.7 Å². The minimum atomic E-state index is -0.396. The van der Waals surface area contributed by atoms with Crippen molar-refractivity contribution in [2.75, 3.05) is 6.54 Å². The number of rotatable bonds is 4. The summed E-state index contributed by atoms with van der Waals surface area (Å²) in [4.78, 5) is 16.0. The number of hydrogen-bond acceptors (Lipinski definition) is 7. The van der Waals surface area contributed by atoms with Gasteiger partial charge in [-0.2, -0.15) is 4.98 Å². The summed E-state index contributed by atoms with van der Waals surface area (Å²) in [5.74, 6) is 0.678. The molecule has 2 aromatic heterocycles. The molecule has 2 N–H and O–H groups in total. The van der Waals surface area contributed by atoms with Gasteiger partial charge in [0.1, 0.15) is 0 Å². The predicted octanol–water partition coefficient (Wildman–Crippen LogP) is 0.721. The number of carbonyl (C=O) groups is 1. The highest BCUT2D eigenvalue weighted by atomic mass is 16.5. The third-order valence-corrected chi connectivity index (χ3v) is 3.10. The van der Waals surface area contributed by atoms with E-state index in [0.717, 1.165) is 25.1 Å². The monoisotopic (exact) mass is 277 g/mol. The molecular formula is C12H15N5O3. The second kappa shape index (κ2) is 5.41. The van der Waals surface area contributed by atoms with Crippen LogP contribution in [0.25, 0.3) is 0 Å². The Hall–Kier alpha value is -2.22. The molecule has 1 fully saturated rings. The molecule has 3 rings (SSSR count). The van der Waals surface area contributed by atoms with Crippen LogP contribution >= 0.6 is 0 Å². The Morgan fingerprint density at radius 3 is 3.10 bits per heavy atom. The van der Waals surface area contributed by atoms with E-state index in [4.69, 9.17) is 9.05 Å². The standard InChI is InChI=1S/C12H15N5O3/c1-7-5-8(19-16-7)6-14-11(18)10-15-12(20-17-10)9-3-2-4-13-9/h5,9,13H,2-4,6H2,1H3,(H,14,18). The van der Waals surface area contributed by atoms with Crippen LogP contribution in [-0.2, 0) is 6.54 Å². The topological polar surface area (TPSA) is 106 Å². The Morgan fingerprint density at radius 1 is 1.50 bits per heavy atom. The van der Waals surface area contributed by atoms with E-state index in [1.165, 1.54) is 0 Å². The molecule has 1 unspecified atom stereocenters. The van der Waals surface area contributed by atoms with Crippen LogP contribution in [0.4, 0.5) is 0 Å². The van der Waals surface area contributed by atoms with Crippen LogP contribution in [0.1, 0.15) is 46.8 Å². The highest BCUT2D eigenvalue weighted by molar-refractivity contribution is 5.90. The number of amides is 1. The van der Waals surface area contributed by atoms with Crippen LogP contribution in [0, 0.1) is 6.92 Å². The van der Waals surface area contributed by atoms with Crippen LogP contribution in [0.3, 0.4) is 0 Å². The van der Waals surface area contributed by atoms with E-state index < -0.39 is 5.91 Å². The highest BCUT2D eigenvalue weighted by Crippen LogP contribution is 2.20. The van der Waals surface area contributed by atoms with E-state index in [9.17, 15) is 4.79 Å². The van der Waals surface area contributed by atoms with Crippen molar-refractivity contribution in [2.24, 2.45) is 0 Å². The Bertz CT molecular complexity index is 600. The fourth-order valence-electron chi connectivity index (χ4n) is 2.11. The van der Waals surface area contributed by atoms with Crippen LogP contribution < -0.4 is 10.6 Å². The lowest BCUT2D eigenvalue weighted by molar-refractivity contribution is 0.0933.